The SMILES string of the molecule is Cc1cccc2c(=O)n(CC(=O)N(Cc3ccccc3)Cc3ccco3)cnc12. The summed E-state index contributed by atoms with van der Waals surface area (Å²) in [5.41, 5.74) is 2.39. The van der Waals surface area contributed by atoms with E-state index in [0.29, 0.717) is 29.8 Å². The highest BCUT2D eigenvalue weighted by molar-refractivity contribution is 5.81. The lowest BCUT2D eigenvalue weighted by Gasteiger charge is -2.22. The molecule has 0 atom stereocenters. The molecular formula is C23H21N3O3. The average molecular weight is 387 g/mol. The number of hydrogen-bond donors (Lipinski definition) is 0. The van der Waals surface area contributed by atoms with Crippen molar-refractivity contribution < 1.29 is 9.21 Å². The molecule has 0 unspecified atom stereocenters. The van der Waals surface area contributed by atoms with Crippen molar-refractivity contribution in [3.05, 3.63) is 100 Å². The van der Waals surface area contributed by atoms with Crippen LogP contribution in [0.1, 0.15) is 16.9 Å². The second kappa shape index (κ2) is 8.14. The number of aryl methyl sites for hydroxylation is 1. The van der Waals surface area contributed by atoms with E-state index >= 15 is 0 Å². The van der Waals surface area contributed by atoms with Crippen LogP contribution in [0.25, 0.3) is 10.9 Å². The topological polar surface area (TPSA) is 68.3 Å². The molecule has 6 heteroatoms. The number of rotatable bonds is 6. The van der Waals surface area contributed by atoms with Crippen LogP contribution >= 0.6 is 0 Å². The summed E-state index contributed by atoms with van der Waals surface area (Å²) in [6.45, 7) is 2.59. The molecule has 0 bridgehead atoms. The molecule has 6 nitrogen and oxygen atoms in total. The summed E-state index contributed by atoms with van der Waals surface area (Å²) in [4.78, 5) is 32.0. The molecule has 4 rings (SSSR count). The molecule has 0 aliphatic heterocycles. The Labute approximate surface area is 168 Å². The smallest absolute Gasteiger partial charge is 0.261 e. The van der Waals surface area contributed by atoms with Crippen LogP contribution in [-0.4, -0.2) is 20.4 Å². The van der Waals surface area contributed by atoms with Crippen LogP contribution < -0.4 is 5.56 Å². The third-order valence-corrected chi connectivity index (χ3v) is 4.86. The van der Waals surface area contributed by atoms with Gasteiger partial charge in [0.05, 0.1) is 30.0 Å². The van der Waals surface area contributed by atoms with E-state index in [9.17, 15) is 9.59 Å². The molecule has 0 saturated carbocycles. The minimum absolute atomic E-state index is 0.0801. The number of benzene rings is 2. The zero-order valence-corrected chi connectivity index (χ0v) is 16.1. The molecule has 2 heterocycles. The Morgan fingerprint density at radius 3 is 2.62 bits per heavy atom. The van der Waals surface area contributed by atoms with Crippen LogP contribution in [0.4, 0.5) is 0 Å². The molecule has 1 amide bonds. The Morgan fingerprint density at radius 2 is 1.86 bits per heavy atom. The third kappa shape index (κ3) is 4.11. The number of amides is 1. The van der Waals surface area contributed by atoms with Crippen molar-refractivity contribution in [2.45, 2.75) is 26.6 Å². The number of aromatic nitrogens is 2. The predicted octanol–water partition coefficient (Wildman–Crippen LogP) is 3.53. The van der Waals surface area contributed by atoms with Crippen molar-refractivity contribution in [3.8, 4) is 0 Å². The molecule has 29 heavy (non-hydrogen) atoms. The first-order valence-corrected chi connectivity index (χ1v) is 9.40. The third-order valence-electron chi connectivity index (χ3n) is 4.86. The summed E-state index contributed by atoms with van der Waals surface area (Å²) in [5.74, 6) is 0.509. The van der Waals surface area contributed by atoms with Gasteiger partial charge in [0.25, 0.3) is 5.56 Å². The first-order chi connectivity index (χ1) is 14.1. The Hall–Kier alpha value is -3.67. The van der Waals surface area contributed by atoms with Crippen molar-refractivity contribution in [1.82, 2.24) is 14.5 Å². The number of nitrogens with zero attached hydrogens (tertiary/aromatic N) is 3. The second-order valence-corrected chi connectivity index (χ2v) is 6.96. The van der Waals surface area contributed by atoms with E-state index in [4.69, 9.17) is 4.42 Å². The summed E-state index contributed by atoms with van der Waals surface area (Å²) < 4.78 is 6.79. The Balaban J connectivity index is 1.61. The molecule has 0 N–H and O–H groups in total. The van der Waals surface area contributed by atoms with Gasteiger partial charge in [0.15, 0.2) is 0 Å². The maximum Gasteiger partial charge on any atom is 0.261 e. The fraction of sp³-hybridized carbons (Fsp3) is 0.174. The normalized spacial score (nSPS) is 10.9. The lowest BCUT2D eigenvalue weighted by molar-refractivity contribution is -0.133. The number of furan rings is 1. The lowest BCUT2D eigenvalue weighted by atomic mass is 10.1. The van der Waals surface area contributed by atoms with Gasteiger partial charge in [-0.2, -0.15) is 0 Å². The van der Waals surface area contributed by atoms with Crippen LogP contribution in [0.2, 0.25) is 0 Å². The van der Waals surface area contributed by atoms with E-state index in [-0.39, 0.29) is 18.0 Å². The summed E-state index contributed by atoms with van der Waals surface area (Å²) in [5, 5.41) is 0.515. The predicted molar refractivity (Wildman–Crippen MR) is 110 cm³/mol. The molecule has 0 fully saturated rings. The summed E-state index contributed by atoms with van der Waals surface area (Å²) in [6.07, 6.45) is 3.03. The lowest BCUT2D eigenvalue weighted by Crippen LogP contribution is -2.36. The van der Waals surface area contributed by atoms with Crippen LogP contribution in [0.15, 0.2) is 82.5 Å². The number of fused-ring (bicyclic) bond motifs is 1. The van der Waals surface area contributed by atoms with Crippen LogP contribution in [-0.2, 0) is 24.4 Å². The van der Waals surface area contributed by atoms with E-state index in [1.165, 1.54) is 10.9 Å². The summed E-state index contributed by atoms with van der Waals surface area (Å²) in [7, 11) is 0. The highest BCUT2D eigenvalue weighted by Crippen LogP contribution is 2.13. The fourth-order valence-electron chi connectivity index (χ4n) is 3.32. The molecule has 2 aromatic carbocycles. The minimum atomic E-state index is -0.218. The molecule has 146 valence electrons. The highest BCUT2D eigenvalue weighted by atomic mass is 16.3. The maximum absolute atomic E-state index is 13.1. The largest absolute Gasteiger partial charge is 0.467 e. The quantitative estimate of drug-likeness (QED) is 0.508. The minimum Gasteiger partial charge on any atom is -0.467 e. The zero-order chi connectivity index (χ0) is 20.2. The molecule has 0 spiro atoms. The molecule has 2 aromatic heterocycles. The first kappa shape index (κ1) is 18.7. The van der Waals surface area contributed by atoms with Gasteiger partial charge in [-0.05, 0) is 36.2 Å². The van der Waals surface area contributed by atoms with Crippen molar-refractivity contribution in [2.24, 2.45) is 0 Å². The molecule has 0 radical (unpaired) electrons. The fourth-order valence-corrected chi connectivity index (χ4v) is 3.32. The number of carbonyl (C=O) groups is 1. The molecular weight excluding hydrogens is 366 g/mol. The van der Waals surface area contributed by atoms with Crippen molar-refractivity contribution in [2.75, 3.05) is 0 Å². The van der Waals surface area contributed by atoms with Gasteiger partial charge in [-0.15, -0.1) is 0 Å². The monoisotopic (exact) mass is 387 g/mol. The van der Waals surface area contributed by atoms with Gasteiger partial charge in [-0.25, -0.2) is 4.98 Å². The van der Waals surface area contributed by atoms with Crippen molar-refractivity contribution in [3.63, 3.8) is 0 Å². The van der Waals surface area contributed by atoms with Crippen molar-refractivity contribution >= 4 is 16.8 Å². The number of para-hydroxylation sites is 1. The van der Waals surface area contributed by atoms with E-state index in [0.717, 1.165) is 11.1 Å². The van der Waals surface area contributed by atoms with E-state index in [1.54, 1.807) is 23.3 Å². The van der Waals surface area contributed by atoms with Gasteiger partial charge in [-0.3, -0.25) is 14.2 Å². The average Bonchev–Trinajstić information content (AvgIpc) is 3.24. The number of hydrogen-bond acceptors (Lipinski definition) is 4. The zero-order valence-electron chi connectivity index (χ0n) is 16.1. The van der Waals surface area contributed by atoms with Gasteiger partial charge in [-0.1, -0.05) is 42.5 Å². The van der Waals surface area contributed by atoms with Gasteiger partial charge < -0.3 is 9.32 Å². The molecule has 0 aliphatic carbocycles. The molecule has 4 aromatic rings. The summed E-state index contributed by atoms with van der Waals surface area (Å²) in [6, 6.07) is 18.8. The van der Waals surface area contributed by atoms with Crippen LogP contribution in [0.5, 0.6) is 0 Å². The van der Waals surface area contributed by atoms with Crippen LogP contribution in [0.3, 0.4) is 0 Å². The highest BCUT2D eigenvalue weighted by Gasteiger charge is 2.18. The maximum atomic E-state index is 13.1. The first-order valence-electron chi connectivity index (χ1n) is 9.40. The Morgan fingerprint density at radius 1 is 1.03 bits per heavy atom. The van der Waals surface area contributed by atoms with Crippen molar-refractivity contribution in [1.29, 1.82) is 0 Å². The standard InChI is InChI=1S/C23H21N3O3/c1-17-7-5-11-20-22(17)24-16-26(23(20)28)15-21(27)25(14-19-10-6-12-29-19)13-18-8-3-2-4-9-18/h2-12,16H,13-15H2,1H3. The summed E-state index contributed by atoms with van der Waals surface area (Å²) >= 11 is 0. The van der Waals surface area contributed by atoms with Gasteiger partial charge in [0, 0.05) is 6.54 Å². The van der Waals surface area contributed by atoms with Gasteiger partial charge in [0.2, 0.25) is 5.91 Å². The van der Waals surface area contributed by atoms with Crippen LogP contribution in [0, 0.1) is 6.92 Å². The second-order valence-electron chi connectivity index (χ2n) is 6.96. The van der Waals surface area contributed by atoms with E-state index < -0.39 is 0 Å². The van der Waals surface area contributed by atoms with E-state index in [2.05, 4.69) is 4.98 Å². The Kier molecular flexibility index (Phi) is 5.24. The van der Waals surface area contributed by atoms with E-state index in [1.807, 2.05) is 55.5 Å². The number of carbonyl (C=O) groups excluding carboxylic acids is 1. The van der Waals surface area contributed by atoms with Gasteiger partial charge >= 0.3 is 0 Å². The Bertz CT molecular complexity index is 1180. The van der Waals surface area contributed by atoms with Gasteiger partial charge in [0.1, 0.15) is 12.3 Å². The molecule has 0 saturated heterocycles. The molecule has 0 aliphatic rings.